The molecule has 4 nitrogen and oxygen atoms in total. The molecule has 0 spiro atoms. The van der Waals surface area contributed by atoms with Crippen LogP contribution in [0.25, 0.3) is 0 Å². The van der Waals surface area contributed by atoms with Crippen LogP contribution in [-0.4, -0.2) is 32.6 Å². The van der Waals surface area contributed by atoms with Crippen molar-refractivity contribution in [3.63, 3.8) is 0 Å². The third kappa shape index (κ3) is 2.76. The summed E-state index contributed by atoms with van der Waals surface area (Å²) in [7, 11) is 1.97. The summed E-state index contributed by atoms with van der Waals surface area (Å²) < 4.78 is 0. The third-order valence-corrected chi connectivity index (χ3v) is 3.67. The lowest BCUT2D eigenvalue weighted by atomic mass is 10.1. The Labute approximate surface area is 112 Å². The van der Waals surface area contributed by atoms with Crippen LogP contribution in [0.4, 0.5) is 5.69 Å². The third-order valence-electron chi connectivity index (χ3n) is 3.36. The first kappa shape index (κ1) is 13.2. The van der Waals surface area contributed by atoms with Gasteiger partial charge in [-0.1, -0.05) is 11.6 Å². The van der Waals surface area contributed by atoms with Gasteiger partial charge < -0.3 is 16.0 Å². The van der Waals surface area contributed by atoms with Gasteiger partial charge in [-0.25, -0.2) is 0 Å². The van der Waals surface area contributed by atoms with Crippen LogP contribution in [0, 0.1) is 5.92 Å². The van der Waals surface area contributed by atoms with E-state index in [1.165, 1.54) is 6.42 Å². The Morgan fingerprint density at radius 2 is 2.39 bits per heavy atom. The number of anilines is 1. The predicted octanol–water partition coefficient (Wildman–Crippen LogP) is 1.48. The normalized spacial score (nSPS) is 19.2. The van der Waals surface area contributed by atoms with Gasteiger partial charge in [0.15, 0.2) is 0 Å². The van der Waals surface area contributed by atoms with Crippen LogP contribution < -0.4 is 16.0 Å². The number of benzene rings is 1. The van der Waals surface area contributed by atoms with Gasteiger partial charge in [-0.2, -0.15) is 0 Å². The Bertz CT molecular complexity index is 450. The zero-order valence-corrected chi connectivity index (χ0v) is 11.2. The molecule has 0 radical (unpaired) electrons. The molecule has 0 aromatic heterocycles. The first-order chi connectivity index (χ1) is 8.61. The summed E-state index contributed by atoms with van der Waals surface area (Å²) in [6.45, 7) is 3.08. The fourth-order valence-corrected chi connectivity index (χ4v) is 2.69. The zero-order valence-electron chi connectivity index (χ0n) is 10.4. The summed E-state index contributed by atoms with van der Waals surface area (Å²) in [5.41, 5.74) is 6.67. The average molecular weight is 268 g/mol. The molecule has 1 amide bonds. The standard InChI is InChI=1S/C13H18ClN3O/c1-16-7-9-4-5-17(8-9)10-2-3-11(13(15)18)12(14)6-10/h2-3,6,9,16H,4-5,7-8H2,1H3,(H2,15,18). The molecule has 1 atom stereocenters. The quantitative estimate of drug-likeness (QED) is 0.869. The molecule has 0 aliphatic carbocycles. The number of primary amides is 1. The predicted molar refractivity (Wildman–Crippen MR) is 74.2 cm³/mol. The number of halogens is 1. The molecule has 1 aliphatic heterocycles. The highest BCUT2D eigenvalue weighted by Crippen LogP contribution is 2.27. The molecule has 3 N–H and O–H groups in total. The second-order valence-electron chi connectivity index (χ2n) is 4.69. The van der Waals surface area contributed by atoms with Crippen molar-refractivity contribution >= 4 is 23.2 Å². The van der Waals surface area contributed by atoms with Gasteiger partial charge in [0, 0.05) is 18.8 Å². The fraction of sp³-hybridized carbons (Fsp3) is 0.462. The minimum absolute atomic E-state index is 0.381. The first-order valence-corrected chi connectivity index (χ1v) is 6.48. The van der Waals surface area contributed by atoms with E-state index < -0.39 is 5.91 Å². The maximum absolute atomic E-state index is 11.1. The molecule has 5 heteroatoms. The van der Waals surface area contributed by atoms with E-state index in [0.29, 0.717) is 16.5 Å². The highest BCUT2D eigenvalue weighted by Gasteiger charge is 2.22. The second-order valence-corrected chi connectivity index (χ2v) is 5.09. The Morgan fingerprint density at radius 1 is 1.61 bits per heavy atom. The van der Waals surface area contributed by atoms with Gasteiger partial charge >= 0.3 is 0 Å². The van der Waals surface area contributed by atoms with Crippen molar-refractivity contribution < 1.29 is 4.79 Å². The van der Waals surface area contributed by atoms with Crippen LogP contribution in [0.15, 0.2) is 18.2 Å². The molecule has 0 bridgehead atoms. The number of nitrogens with two attached hydrogens (primary N) is 1. The Kier molecular flexibility index (Phi) is 4.09. The topological polar surface area (TPSA) is 58.4 Å². The molecule has 1 heterocycles. The number of carbonyl (C=O) groups excluding carboxylic acids is 1. The molecule has 1 aliphatic rings. The number of nitrogens with one attached hydrogen (secondary N) is 1. The monoisotopic (exact) mass is 267 g/mol. The lowest BCUT2D eigenvalue weighted by molar-refractivity contribution is 0.100. The maximum atomic E-state index is 11.1. The molecule has 1 saturated heterocycles. The summed E-state index contributed by atoms with van der Waals surface area (Å²) in [5.74, 6) is 0.186. The summed E-state index contributed by atoms with van der Waals surface area (Å²) in [6, 6.07) is 5.43. The molecule has 2 rings (SSSR count). The molecule has 0 saturated carbocycles. The molecule has 98 valence electrons. The Hall–Kier alpha value is -1.26. The Morgan fingerprint density at radius 3 is 3.00 bits per heavy atom. The first-order valence-electron chi connectivity index (χ1n) is 6.10. The number of nitrogens with zero attached hydrogens (tertiary/aromatic N) is 1. The van der Waals surface area contributed by atoms with Crippen LogP contribution in [0.3, 0.4) is 0 Å². The van der Waals surface area contributed by atoms with E-state index in [1.54, 1.807) is 6.07 Å². The second kappa shape index (κ2) is 5.59. The molecule has 18 heavy (non-hydrogen) atoms. The maximum Gasteiger partial charge on any atom is 0.250 e. The van der Waals surface area contributed by atoms with E-state index in [9.17, 15) is 4.79 Å². The smallest absolute Gasteiger partial charge is 0.250 e. The fourth-order valence-electron chi connectivity index (χ4n) is 2.42. The molecular formula is C13H18ClN3O. The van der Waals surface area contributed by atoms with Crippen molar-refractivity contribution in [1.82, 2.24) is 5.32 Å². The van der Waals surface area contributed by atoms with E-state index in [0.717, 1.165) is 25.3 Å². The van der Waals surface area contributed by atoms with Gasteiger partial charge in [0.05, 0.1) is 10.6 Å². The van der Waals surface area contributed by atoms with E-state index in [4.69, 9.17) is 17.3 Å². The van der Waals surface area contributed by atoms with Crippen molar-refractivity contribution in [2.45, 2.75) is 6.42 Å². The zero-order chi connectivity index (χ0) is 13.1. The largest absolute Gasteiger partial charge is 0.371 e. The van der Waals surface area contributed by atoms with Gasteiger partial charge in [-0.15, -0.1) is 0 Å². The summed E-state index contributed by atoms with van der Waals surface area (Å²) >= 11 is 6.06. The lowest BCUT2D eigenvalue weighted by Gasteiger charge is -2.19. The number of carbonyl (C=O) groups is 1. The van der Waals surface area contributed by atoms with E-state index in [1.807, 2.05) is 19.2 Å². The van der Waals surface area contributed by atoms with Gasteiger partial charge in [0.2, 0.25) is 5.91 Å². The van der Waals surface area contributed by atoms with Gasteiger partial charge in [0.25, 0.3) is 0 Å². The van der Waals surface area contributed by atoms with Crippen LogP contribution in [0.5, 0.6) is 0 Å². The van der Waals surface area contributed by atoms with Gasteiger partial charge in [-0.05, 0) is 44.1 Å². The molecule has 1 fully saturated rings. The van der Waals surface area contributed by atoms with E-state index in [2.05, 4.69) is 10.2 Å². The van der Waals surface area contributed by atoms with Gasteiger partial charge in [0.1, 0.15) is 0 Å². The highest BCUT2D eigenvalue weighted by molar-refractivity contribution is 6.34. The number of hydrogen-bond donors (Lipinski definition) is 2. The van der Waals surface area contributed by atoms with E-state index >= 15 is 0 Å². The van der Waals surface area contributed by atoms with Crippen molar-refractivity contribution in [3.8, 4) is 0 Å². The van der Waals surface area contributed by atoms with Crippen molar-refractivity contribution in [2.75, 3.05) is 31.6 Å². The van der Waals surface area contributed by atoms with Crippen LogP contribution in [0.1, 0.15) is 16.8 Å². The molecule has 1 aromatic rings. The van der Waals surface area contributed by atoms with Crippen molar-refractivity contribution in [2.24, 2.45) is 11.7 Å². The number of amides is 1. The lowest BCUT2D eigenvalue weighted by Crippen LogP contribution is -2.24. The average Bonchev–Trinajstić information content (AvgIpc) is 2.77. The minimum atomic E-state index is -0.485. The van der Waals surface area contributed by atoms with Crippen molar-refractivity contribution in [1.29, 1.82) is 0 Å². The Balaban J connectivity index is 2.11. The van der Waals surface area contributed by atoms with E-state index in [-0.39, 0.29) is 0 Å². The SMILES string of the molecule is CNCC1CCN(c2ccc(C(N)=O)c(Cl)c2)C1. The highest BCUT2D eigenvalue weighted by atomic mass is 35.5. The molecular weight excluding hydrogens is 250 g/mol. The molecule has 1 unspecified atom stereocenters. The molecule has 1 aromatic carbocycles. The number of rotatable bonds is 4. The van der Waals surface area contributed by atoms with Crippen LogP contribution >= 0.6 is 11.6 Å². The van der Waals surface area contributed by atoms with Crippen LogP contribution in [-0.2, 0) is 0 Å². The minimum Gasteiger partial charge on any atom is -0.371 e. The summed E-state index contributed by atoms with van der Waals surface area (Å²) in [6.07, 6.45) is 1.18. The van der Waals surface area contributed by atoms with Crippen LogP contribution in [0.2, 0.25) is 5.02 Å². The summed E-state index contributed by atoms with van der Waals surface area (Å²) in [4.78, 5) is 13.4. The number of hydrogen-bond acceptors (Lipinski definition) is 3. The van der Waals surface area contributed by atoms with Gasteiger partial charge in [-0.3, -0.25) is 4.79 Å². The van der Waals surface area contributed by atoms with Crippen molar-refractivity contribution in [3.05, 3.63) is 28.8 Å². The summed E-state index contributed by atoms with van der Waals surface area (Å²) in [5, 5.41) is 3.63.